The zero-order valence-corrected chi connectivity index (χ0v) is 8.44. The van der Waals surface area contributed by atoms with Crippen LogP contribution < -0.4 is 0 Å². The highest BCUT2D eigenvalue weighted by atomic mass is 16.6. The summed E-state index contributed by atoms with van der Waals surface area (Å²) in [6.45, 7) is 5.93. The van der Waals surface area contributed by atoms with Gasteiger partial charge in [0.15, 0.2) is 0 Å². The van der Waals surface area contributed by atoms with Crippen molar-refractivity contribution in [3.05, 3.63) is 12.7 Å². The van der Waals surface area contributed by atoms with Crippen LogP contribution in [0.5, 0.6) is 0 Å². The minimum absolute atomic E-state index is 0.0266. The Kier molecular flexibility index (Phi) is 2.59. The number of hydrogen-bond acceptors (Lipinski definition) is 3. The maximum Gasteiger partial charge on any atom is 0.309 e. The summed E-state index contributed by atoms with van der Waals surface area (Å²) < 4.78 is 10.5. The van der Waals surface area contributed by atoms with Crippen molar-refractivity contribution in [2.45, 2.75) is 32.0 Å². The number of fused-ring (bicyclic) bond motifs is 1. The molecule has 2 aliphatic rings. The van der Waals surface area contributed by atoms with Crippen molar-refractivity contribution in [2.24, 2.45) is 11.8 Å². The lowest BCUT2D eigenvalue weighted by Gasteiger charge is -2.23. The number of hydrogen-bond donors (Lipinski definition) is 0. The number of rotatable bonds is 3. The molecule has 0 aromatic rings. The maximum atomic E-state index is 11.6. The fraction of sp³-hybridized carbons (Fsp3) is 0.727. The molecule has 0 spiro atoms. The molecule has 4 atom stereocenters. The number of epoxide rings is 1. The van der Waals surface area contributed by atoms with Crippen molar-refractivity contribution >= 4 is 5.97 Å². The highest BCUT2D eigenvalue weighted by Gasteiger charge is 2.49. The molecule has 0 aromatic heterocycles. The van der Waals surface area contributed by atoms with E-state index in [1.807, 2.05) is 0 Å². The summed E-state index contributed by atoms with van der Waals surface area (Å²) >= 11 is 0. The Balaban J connectivity index is 1.88. The minimum atomic E-state index is -0.0913. The van der Waals surface area contributed by atoms with E-state index in [1.54, 1.807) is 6.08 Å². The highest BCUT2D eigenvalue weighted by molar-refractivity contribution is 5.73. The second kappa shape index (κ2) is 3.73. The van der Waals surface area contributed by atoms with Crippen LogP contribution in [0, 0.1) is 11.8 Å². The Labute approximate surface area is 84.1 Å². The smallest absolute Gasteiger partial charge is 0.309 e. The van der Waals surface area contributed by atoms with Crippen LogP contribution in [-0.4, -0.2) is 24.8 Å². The van der Waals surface area contributed by atoms with Gasteiger partial charge in [-0.2, -0.15) is 0 Å². The predicted molar refractivity (Wildman–Crippen MR) is 51.7 cm³/mol. The summed E-state index contributed by atoms with van der Waals surface area (Å²) in [6, 6.07) is 0. The van der Waals surface area contributed by atoms with Gasteiger partial charge in [-0.05, 0) is 18.8 Å². The van der Waals surface area contributed by atoms with Gasteiger partial charge in [-0.15, -0.1) is 0 Å². The van der Waals surface area contributed by atoms with Gasteiger partial charge < -0.3 is 9.47 Å². The van der Waals surface area contributed by atoms with Crippen LogP contribution in [0.3, 0.4) is 0 Å². The van der Waals surface area contributed by atoms with Crippen LogP contribution in [0.1, 0.15) is 19.8 Å². The molecule has 0 bridgehead atoms. The number of carbonyl (C=O) groups is 1. The second-order valence-corrected chi connectivity index (χ2v) is 4.19. The molecule has 0 unspecified atom stereocenters. The topological polar surface area (TPSA) is 38.8 Å². The number of carbonyl (C=O) groups excluding carboxylic acids is 1. The van der Waals surface area contributed by atoms with Crippen molar-refractivity contribution in [1.82, 2.24) is 0 Å². The first-order valence-electron chi connectivity index (χ1n) is 5.15. The van der Waals surface area contributed by atoms with Gasteiger partial charge in [0.2, 0.25) is 0 Å². The van der Waals surface area contributed by atoms with E-state index in [2.05, 4.69) is 13.5 Å². The van der Waals surface area contributed by atoms with Crippen LogP contribution in [0.25, 0.3) is 0 Å². The first-order chi connectivity index (χ1) is 6.72. The van der Waals surface area contributed by atoms with E-state index in [0.29, 0.717) is 24.7 Å². The summed E-state index contributed by atoms with van der Waals surface area (Å²) in [7, 11) is 0. The molecule has 0 amide bonds. The number of esters is 1. The maximum absolute atomic E-state index is 11.6. The molecule has 1 heterocycles. The third kappa shape index (κ3) is 1.82. The Morgan fingerprint density at radius 2 is 2.29 bits per heavy atom. The van der Waals surface area contributed by atoms with Gasteiger partial charge in [0.1, 0.15) is 6.61 Å². The normalized spacial score (nSPS) is 39.8. The average Bonchev–Trinajstić information content (AvgIpc) is 2.90. The van der Waals surface area contributed by atoms with Crippen molar-refractivity contribution in [2.75, 3.05) is 6.61 Å². The average molecular weight is 196 g/mol. The molecule has 0 aromatic carbocycles. The lowest BCUT2D eigenvalue weighted by molar-refractivity contribution is -0.149. The van der Waals surface area contributed by atoms with Crippen molar-refractivity contribution in [1.29, 1.82) is 0 Å². The van der Waals surface area contributed by atoms with Crippen molar-refractivity contribution in [3.8, 4) is 0 Å². The molecule has 3 nitrogen and oxygen atoms in total. The van der Waals surface area contributed by atoms with E-state index in [1.165, 1.54) is 0 Å². The first-order valence-corrected chi connectivity index (χ1v) is 5.15. The zero-order valence-electron chi connectivity index (χ0n) is 8.44. The summed E-state index contributed by atoms with van der Waals surface area (Å²) in [6.07, 6.45) is 4.18. The van der Waals surface area contributed by atoms with Gasteiger partial charge in [-0.1, -0.05) is 19.6 Å². The summed E-state index contributed by atoms with van der Waals surface area (Å²) in [5.41, 5.74) is 0. The van der Waals surface area contributed by atoms with Crippen molar-refractivity contribution < 1.29 is 14.3 Å². The van der Waals surface area contributed by atoms with Gasteiger partial charge in [-0.3, -0.25) is 4.79 Å². The largest absolute Gasteiger partial charge is 0.461 e. The van der Waals surface area contributed by atoms with E-state index in [-0.39, 0.29) is 11.9 Å². The van der Waals surface area contributed by atoms with E-state index in [9.17, 15) is 4.79 Å². The SMILES string of the molecule is C=CCOC(=O)[C@H]1C[C@@H]2O[C@@H]2C[C@@H]1C. The van der Waals surface area contributed by atoms with E-state index in [4.69, 9.17) is 9.47 Å². The molecule has 1 saturated heterocycles. The quantitative estimate of drug-likeness (QED) is 0.390. The Morgan fingerprint density at radius 1 is 1.57 bits per heavy atom. The Bertz CT molecular complexity index is 249. The van der Waals surface area contributed by atoms with Gasteiger partial charge in [0.25, 0.3) is 0 Å². The molecule has 1 aliphatic heterocycles. The Hall–Kier alpha value is -0.830. The third-order valence-electron chi connectivity index (χ3n) is 3.11. The zero-order chi connectivity index (χ0) is 10.1. The van der Waals surface area contributed by atoms with E-state index in [0.717, 1.165) is 12.8 Å². The fourth-order valence-corrected chi connectivity index (χ4v) is 2.18. The molecule has 0 N–H and O–H groups in total. The molecule has 2 fully saturated rings. The molecular weight excluding hydrogens is 180 g/mol. The summed E-state index contributed by atoms with van der Waals surface area (Å²) in [4.78, 5) is 11.6. The fourth-order valence-electron chi connectivity index (χ4n) is 2.18. The van der Waals surface area contributed by atoms with Crippen molar-refractivity contribution in [3.63, 3.8) is 0 Å². The molecule has 78 valence electrons. The second-order valence-electron chi connectivity index (χ2n) is 4.19. The predicted octanol–water partition coefficient (Wildman–Crippen LogP) is 1.53. The monoisotopic (exact) mass is 196 g/mol. The summed E-state index contributed by atoms with van der Waals surface area (Å²) in [5.74, 6) is 0.320. The van der Waals surface area contributed by atoms with E-state index >= 15 is 0 Å². The minimum Gasteiger partial charge on any atom is -0.461 e. The number of ether oxygens (including phenoxy) is 2. The highest BCUT2D eigenvalue weighted by Crippen LogP contribution is 2.42. The first kappa shape index (κ1) is 9.71. The van der Waals surface area contributed by atoms with Crippen LogP contribution >= 0.6 is 0 Å². The van der Waals surface area contributed by atoms with E-state index < -0.39 is 0 Å². The molecule has 3 heteroatoms. The molecule has 0 radical (unpaired) electrons. The Morgan fingerprint density at radius 3 is 3.00 bits per heavy atom. The van der Waals surface area contributed by atoms with Gasteiger partial charge in [0, 0.05) is 0 Å². The van der Waals surface area contributed by atoms with Crippen LogP contribution in [0.2, 0.25) is 0 Å². The lowest BCUT2D eigenvalue weighted by atomic mass is 9.80. The lowest BCUT2D eigenvalue weighted by Crippen LogP contribution is -2.30. The van der Waals surface area contributed by atoms with Gasteiger partial charge >= 0.3 is 5.97 Å². The van der Waals surface area contributed by atoms with Crippen LogP contribution in [0.4, 0.5) is 0 Å². The molecule has 1 saturated carbocycles. The van der Waals surface area contributed by atoms with Crippen LogP contribution in [0.15, 0.2) is 12.7 Å². The summed E-state index contributed by atoms with van der Waals surface area (Å²) in [5, 5.41) is 0. The molecule has 2 rings (SSSR count). The molecule has 14 heavy (non-hydrogen) atoms. The molecule has 1 aliphatic carbocycles. The van der Waals surface area contributed by atoms with Gasteiger partial charge in [-0.25, -0.2) is 0 Å². The standard InChI is InChI=1S/C11H16O3/c1-3-4-13-11(12)8-6-10-9(14-10)5-7(8)2/h3,7-10H,1,4-6H2,2H3/t7-,8-,9+,10-/m0/s1. The van der Waals surface area contributed by atoms with Gasteiger partial charge in [0.05, 0.1) is 18.1 Å². The van der Waals surface area contributed by atoms with Crippen LogP contribution in [-0.2, 0) is 14.3 Å². The molecular formula is C11H16O3. The third-order valence-corrected chi connectivity index (χ3v) is 3.11.